The van der Waals surface area contributed by atoms with Gasteiger partial charge < -0.3 is 5.32 Å². The minimum Gasteiger partial charge on any atom is -0.332 e. The van der Waals surface area contributed by atoms with Crippen LogP contribution in [0.3, 0.4) is 0 Å². The number of amides is 1. The van der Waals surface area contributed by atoms with Crippen LogP contribution >= 0.6 is 57.7 Å². The first-order chi connectivity index (χ1) is 14.4. The molecular weight excluding hydrogens is 549 g/mol. The molecule has 0 fully saturated rings. The van der Waals surface area contributed by atoms with E-state index < -0.39 is 0 Å². The lowest BCUT2D eigenvalue weighted by molar-refractivity contribution is 0.0978. The number of thiazole rings is 1. The van der Waals surface area contributed by atoms with Gasteiger partial charge in [-0.1, -0.05) is 23.7 Å². The lowest BCUT2D eigenvalue weighted by Crippen LogP contribution is -2.34. The molecule has 0 aliphatic rings. The summed E-state index contributed by atoms with van der Waals surface area (Å²) in [5.41, 5.74) is 4.24. The highest BCUT2D eigenvalue weighted by Gasteiger charge is 2.14. The fourth-order valence-corrected chi connectivity index (χ4v) is 4.79. The smallest absolute Gasteiger partial charge is 0.258 e. The van der Waals surface area contributed by atoms with Crippen LogP contribution in [0.1, 0.15) is 15.9 Å². The van der Waals surface area contributed by atoms with Crippen molar-refractivity contribution in [2.75, 3.05) is 5.32 Å². The van der Waals surface area contributed by atoms with Crippen molar-refractivity contribution in [3.63, 3.8) is 0 Å². The van der Waals surface area contributed by atoms with Gasteiger partial charge in [-0.2, -0.15) is 0 Å². The average molecular weight is 564 g/mol. The minimum atomic E-state index is -0.347. The van der Waals surface area contributed by atoms with E-state index in [1.807, 2.05) is 43.3 Å². The molecule has 1 aromatic heterocycles. The molecule has 0 saturated carbocycles. The van der Waals surface area contributed by atoms with Gasteiger partial charge in [-0.25, -0.2) is 4.98 Å². The molecule has 150 valence electrons. The maximum atomic E-state index is 12.5. The Morgan fingerprint density at radius 1 is 1.13 bits per heavy atom. The van der Waals surface area contributed by atoms with E-state index in [-0.39, 0.29) is 11.0 Å². The molecule has 4 rings (SSSR count). The average Bonchev–Trinajstić information content (AvgIpc) is 3.15. The second kappa shape index (κ2) is 8.97. The van der Waals surface area contributed by atoms with Gasteiger partial charge in [0.2, 0.25) is 0 Å². The van der Waals surface area contributed by atoms with Gasteiger partial charge in [0.25, 0.3) is 5.91 Å². The molecule has 1 amide bonds. The van der Waals surface area contributed by atoms with E-state index in [1.54, 1.807) is 23.5 Å². The van der Waals surface area contributed by atoms with E-state index in [2.05, 4.69) is 45.4 Å². The number of para-hydroxylation sites is 1. The number of carbonyl (C=O) groups excluding carboxylic acids is 1. The predicted molar refractivity (Wildman–Crippen MR) is 138 cm³/mol. The molecule has 4 nitrogen and oxygen atoms in total. The van der Waals surface area contributed by atoms with E-state index in [9.17, 15) is 4.79 Å². The summed E-state index contributed by atoms with van der Waals surface area (Å²) < 4.78 is 2.08. The zero-order chi connectivity index (χ0) is 21.3. The van der Waals surface area contributed by atoms with Crippen molar-refractivity contribution >= 4 is 84.7 Å². The number of fused-ring (bicyclic) bond motifs is 1. The van der Waals surface area contributed by atoms with Crippen molar-refractivity contribution in [1.29, 1.82) is 0 Å². The molecule has 0 spiro atoms. The molecular formula is C22H15ClIN3OS2. The first-order valence-electron chi connectivity index (χ1n) is 8.95. The molecule has 0 saturated heterocycles. The van der Waals surface area contributed by atoms with Crippen LogP contribution in [0.25, 0.3) is 20.8 Å². The number of nitrogens with one attached hydrogen (secondary N) is 2. The number of nitrogens with zero attached hydrogens (tertiary/aromatic N) is 1. The molecule has 3 aromatic carbocycles. The highest BCUT2D eigenvalue weighted by atomic mass is 127. The zero-order valence-corrected chi connectivity index (χ0v) is 20.2. The van der Waals surface area contributed by atoms with Crippen LogP contribution in [-0.2, 0) is 0 Å². The first kappa shape index (κ1) is 21.2. The van der Waals surface area contributed by atoms with E-state index in [1.165, 1.54) is 0 Å². The number of thiocarbonyl (C=S) groups is 1. The molecule has 0 atom stereocenters. The molecule has 0 unspecified atom stereocenters. The molecule has 8 heteroatoms. The van der Waals surface area contributed by atoms with Crippen molar-refractivity contribution in [3.8, 4) is 10.6 Å². The van der Waals surface area contributed by atoms with Crippen molar-refractivity contribution < 1.29 is 4.79 Å². The summed E-state index contributed by atoms with van der Waals surface area (Å²) in [5, 5.41) is 7.34. The van der Waals surface area contributed by atoms with Crippen LogP contribution in [-0.4, -0.2) is 16.0 Å². The number of rotatable bonds is 3. The van der Waals surface area contributed by atoms with E-state index in [0.717, 1.165) is 35.6 Å². The number of aryl methyl sites for hydroxylation is 1. The maximum absolute atomic E-state index is 12.5. The molecule has 0 aliphatic carbocycles. The van der Waals surface area contributed by atoms with E-state index >= 15 is 0 Å². The Balaban J connectivity index is 1.48. The SMILES string of the molecule is Cc1cc(-c2nc3ccccc3s2)ccc1NC(=S)NC(=O)c1cc(I)ccc1Cl. The Bertz CT molecular complexity index is 1260. The van der Waals surface area contributed by atoms with Gasteiger partial charge in [0.05, 0.1) is 20.8 Å². The number of carbonyl (C=O) groups is 1. The highest BCUT2D eigenvalue weighted by molar-refractivity contribution is 14.1. The summed E-state index contributed by atoms with van der Waals surface area (Å²) in [5.74, 6) is -0.347. The van der Waals surface area contributed by atoms with Gasteiger partial charge in [0.15, 0.2) is 5.11 Å². The summed E-state index contributed by atoms with van der Waals surface area (Å²) in [6.45, 7) is 1.99. The molecule has 1 heterocycles. The monoisotopic (exact) mass is 563 g/mol. The standard InChI is InChI=1S/C22H15ClIN3OS2/c1-12-10-13(21-25-18-4-2-3-5-19(18)30-21)6-9-17(12)26-22(29)27-20(28)15-11-14(24)7-8-16(15)23/h2-11H,1H3,(H2,26,27,28,29). The number of benzene rings is 3. The van der Waals surface area contributed by atoms with Gasteiger partial charge in [-0.15, -0.1) is 11.3 Å². The second-order valence-electron chi connectivity index (χ2n) is 6.55. The van der Waals surface area contributed by atoms with Gasteiger partial charge in [0, 0.05) is 14.8 Å². The molecule has 2 N–H and O–H groups in total. The fourth-order valence-electron chi connectivity index (χ4n) is 2.93. The molecule has 30 heavy (non-hydrogen) atoms. The molecule has 0 radical (unpaired) electrons. The first-order valence-corrected chi connectivity index (χ1v) is 11.6. The van der Waals surface area contributed by atoms with Crippen LogP contribution in [0, 0.1) is 10.5 Å². The van der Waals surface area contributed by atoms with Gasteiger partial charge in [-0.3, -0.25) is 10.1 Å². The third-order valence-corrected chi connectivity index (χ3v) is 6.71. The van der Waals surface area contributed by atoms with Crippen LogP contribution in [0.2, 0.25) is 5.02 Å². The quantitative estimate of drug-likeness (QED) is 0.216. The Morgan fingerprint density at radius 3 is 2.70 bits per heavy atom. The lowest BCUT2D eigenvalue weighted by Gasteiger charge is -2.13. The minimum absolute atomic E-state index is 0.214. The number of aromatic nitrogens is 1. The van der Waals surface area contributed by atoms with Crippen LogP contribution < -0.4 is 10.6 Å². The largest absolute Gasteiger partial charge is 0.332 e. The van der Waals surface area contributed by atoms with Crippen LogP contribution in [0.15, 0.2) is 60.7 Å². The maximum Gasteiger partial charge on any atom is 0.258 e. The van der Waals surface area contributed by atoms with E-state index in [4.69, 9.17) is 28.8 Å². The van der Waals surface area contributed by atoms with Crippen LogP contribution in [0.5, 0.6) is 0 Å². The number of halogens is 2. The summed E-state index contributed by atoms with van der Waals surface area (Å²) in [6.07, 6.45) is 0. The number of hydrogen-bond acceptors (Lipinski definition) is 4. The lowest BCUT2D eigenvalue weighted by atomic mass is 10.1. The summed E-state index contributed by atoms with van der Waals surface area (Å²) >= 11 is 15.2. The third-order valence-electron chi connectivity index (χ3n) is 4.42. The van der Waals surface area contributed by atoms with Crippen molar-refractivity contribution in [3.05, 3.63) is 80.4 Å². The summed E-state index contributed by atoms with van der Waals surface area (Å²) in [7, 11) is 0. The zero-order valence-electron chi connectivity index (χ0n) is 15.7. The van der Waals surface area contributed by atoms with Crippen molar-refractivity contribution in [1.82, 2.24) is 10.3 Å². The van der Waals surface area contributed by atoms with Crippen LogP contribution in [0.4, 0.5) is 5.69 Å². The Morgan fingerprint density at radius 2 is 1.93 bits per heavy atom. The number of hydrogen-bond donors (Lipinski definition) is 2. The fraction of sp³-hybridized carbons (Fsp3) is 0.0455. The molecule has 0 bridgehead atoms. The molecule has 4 aromatic rings. The Hall–Kier alpha value is -2.07. The van der Waals surface area contributed by atoms with Gasteiger partial charge >= 0.3 is 0 Å². The highest BCUT2D eigenvalue weighted by Crippen LogP contribution is 2.32. The summed E-state index contributed by atoms with van der Waals surface area (Å²) in [6, 6.07) is 19.3. The van der Waals surface area contributed by atoms with Gasteiger partial charge in [0.1, 0.15) is 5.01 Å². The number of anilines is 1. The topological polar surface area (TPSA) is 54.0 Å². The second-order valence-corrected chi connectivity index (χ2v) is 9.64. The normalized spacial score (nSPS) is 10.8. The van der Waals surface area contributed by atoms with Crippen molar-refractivity contribution in [2.45, 2.75) is 6.92 Å². The van der Waals surface area contributed by atoms with E-state index in [0.29, 0.717) is 10.6 Å². The van der Waals surface area contributed by atoms with Crippen molar-refractivity contribution in [2.24, 2.45) is 0 Å². The Labute approximate surface area is 201 Å². The summed E-state index contributed by atoms with van der Waals surface area (Å²) in [4.78, 5) is 17.2. The van der Waals surface area contributed by atoms with Gasteiger partial charge in [-0.05, 0) is 95.8 Å². The third kappa shape index (κ3) is 4.64. The predicted octanol–water partition coefficient (Wildman–Crippen LogP) is 6.66. The molecule has 0 aliphatic heterocycles. The Kier molecular flexibility index (Phi) is 6.33.